The van der Waals surface area contributed by atoms with E-state index in [1.807, 2.05) is 24.3 Å². The van der Waals surface area contributed by atoms with E-state index in [-0.39, 0.29) is 11.2 Å². The van der Waals surface area contributed by atoms with Gasteiger partial charge in [0, 0.05) is 4.47 Å². The summed E-state index contributed by atoms with van der Waals surface area (Å²) in [7, 11) is 0. The van der Waals surface area contributed by atoms with Crippen molar-refractivity contribution in [3.8, 4) is 0 Å². The van der Waals surface area contributed by atoms with E-state index in [1.165, 1.54) is 18.0 Å². The average Bonchev–Trinajstić information content (AvgIpc) is 3.12. The lowest BCUT2D eigenvalue weighted by Crippen LogP contribution is -2.25. The highest BCUT2D eigenvalue weighted by atomic mass is 79.9. The number of rotatable bonds is 4. The summed E-state index contributed by atoms with van der Waals surface area (Å²) in [4.78, 5) is 12.0. The Kier molecular flexibility index (Phi) is 4.74. The molecule has 1 aromatic carbocycles. The molecule has 1 atom stereocenters. The number of hydrogen-bond acceptors (Lipinski definition) is 5. The van der Waals surface area contributed by atoms with Gasteiger partial charge in [0.05, 0.1) is 17.7 Å². The standard InChI is InChI=1S/C15H12BrN3O2S/c16-11-5-3-10(4-6-11)8-13-14(20)18-15(22-13)19-17-9-12-2-1-7-21-12/h1-7,9,13H,8H2,(H,18,19,20)/b17-9-/t13-/m0/s1. The number of thioether (sulfide) groups is 1. The quantitative estimate of drug-likeness (QED) is 0.656. The number of amides is 1. The van der Waals surface area contributed by atoms with Crippen molar-refractivity contribution in [2.45, 2.75) is 11.7 Å². The zero-order valence-corrected chi connectivity index (χ0v) is 13.8. The van der Waals surface area contributed by atoms with Crippen LogP contribution in [0.2, 0.25) is 0 Å². The van der Waals surface area contributed by atoms with Crippen molar-refractivity contribution >= 4 is 45.0 Å². The van der Waals surface area contributed by atoms with Crippen LogP contribution in [0.3, 0.4) is 0 Å². The van der Waals surface area contributed by atoms with Gasteiger partial charge in [0.25, 0.3) is 0 Å². The predicted octanol–water partition coefficient (Wildman–Crippen LogP) is 3.21. The van der Waals surface area contributed by atoms with Crippen LogP contribution >= 0.6 is 27.7 Å². The van der Waals surface area contributed by atoms with Crippen LogP contribution in [0, 0.1) is 0 Å². The summed E-state index contributed by atoms with van der Waals surface area (Å²) in [6, 6.07) is 11.5. The molecule has 1 amide bonds. The van der Waals surface area contributed by atoms with Gasteiger partial charge in [-0.1, -0.05) is 39.8 Å². The van der Waals surface area contributed by atoms with Gasteiger partial charge in [-0.2, -0.15) is 5.10 Å². The summed E-state index contributed by atoms with van der Waals surface area (Å²) in [5.41, 5.74) is 1.11. The second-order valence-electron chi connectivity index (χ2n) is 4.59. The van der Waals surface area contributed by atoms with Crippen molar-refractivity contribution in [3.05, 3.63) is 58.5 Å². The zero-order chi connectivity index (χ0) is 15.4. The number of carbonyl (C=O) groups is 1. The van der Waals surface area contributed by atoms with Crippen LogP contribution in [0.5, 0.6) is 0 Å². The number of hydrogen-bond donors (Lipinski definition) is 1. The van der Waals surface area contributed by atoms with Crippen molar-refractivity contribution in [1.29, 1.82) is 0 Å². The lowest BCUT2D eigenvalue weighted by molar-refractivity contribution is -0.118. The third kappa shape index (κ3) is 3.86. The summed E-state index contributed by atoms with van der Waals surface area (Å²) in [5.74, 6) is 0.574. The third-order valence-electron chi connectivity index (χ3n) is 2.99. The van der Waals surface area contributed by atoms with Crippen LogP contribution in [-0.4, -0.2) is 22.5 Å². The summed E-state index contributed by atoms with van der Waals surface area (Å²) >= 11 is 4.79. The maximum atomic E-state index is 12.0. The molecule has 0 aliphatic carbocycles. The van der Waals surface area contributed by atoms with Gasteiger partial charge < -0.3 is 9.73 Å². The van der Waals surface area contributed by atoms with Crippen LogP contribution < -0.4 is 5.32 Å². The number of nitrogens with zero attached hydrogens (tertiary/aromatic N) is 2. The van der Waals surface area contributed by atoms with Gasteiger partial charge in [0.1, 0.15) is 5.76 Å². The normalized spacial score (nSPS) is 20.0. The molecule has 1 fully saturated rings. The first-order chi connectivity index (χ1) is 10.7. The van der Waals surface area contributed by atoms with Crippen LogP contribution in [0.25, 0.3) is 0 Å². The molecule has 1 aromatic heterocycles. The Morgan fingerprint density at radius 2 is 2.14 bits per heavy atom. The van der Waals surface area contributed by atoms with Gasteiger partial charge in [-0.05, 0) is 36.2 Å². The highest BCUT2D eigenvalue weighted by Gasteiger charge is 2.30. The van der Waals surface area contributed by atoms with Crippen molar-refractivity contribution in [2.75, 3.05) is 0 Å². The maximum absolute atomic E-state index is 12.0. The molecule has 0 bridgehead atoms. The Balaban J connectivity index is 1.61. The molecule has 22 heavy (non-hydrogen) atoms. The number of benzene rings is 1. The Labute approximate surface area is 140 Å². The first-order valence-corrected chi connectivity index (χ1v) is 8.24. The van der Waals surface area contributed by atoms with Crippen molar-refractivity contribution in [3.63, 3.8) is 0 Å². The molecule has 1 aliphatic rings. The molecule has 0 saturated carbocycles. The monoisotopic (exact) mass is 377 g/mol. The van der Waals surface area contributed by atoms with Gasteiger partial charge in [0.2, 0.25) is 5.91 Å². The molecule has 2 heterocycles. The van der Waals surface area contributed by atoms with Gasteiger partial charge in [-0.3, -0.25) is 4.79 Å². The molecule has 7 heteroatoms. The lowest BCUT2D eigenvalue weighted by atomic mass is 10.1. The maximum Gasteiger partial charge on any atom is 0.239 e. The van der Waals surface area contributed by atoms with Gasteiger partial charge in [-0.25, -0.2) is 0 Å². The second kappa shape index (κ2) is 6.93. The Bertz CT molecular complexity index is 711. The molecular weight excluding hydrogens is 366 g/mol. The summed E-state index contributed by atoms with van der Waals surface area (Å²) < 4.78 is 6.14. The van der Waals surface area contributed by atoms with Gasteiger partial charge >= 0.3 is 0 Å². The molecule has 1 aliphatic heterocycles. The van der Waals surface area contributed by atoms with E-state index in [4.69, 9.17) is 4.42 Å². The number of halogens is 1. The summed E-state index contributed by atoms with van der Waals surface area (Å²) in [6.45, 7) is 0. The zero-order valence-electron chi connectivity index (χ0n) is 11.4. The Hall–Kier alpha value is -1.86. The fraction of sp³-hybridized carbons (Fsp3) is 0.133. The van der Waals surface area contributed by atoms with Crippen LogP contribution in [0.1, 0.15) is 11.3 Å². The van der Waals surface area contributed by atoms with E-state index in [9.17, 15) is 4.79 Å². The molecule has 0 spiro atoms. The third-order valence-corrected chi connectivity index (χ3v) is 4.59. The largest absolute Gasteiger partial charge is 0.463 e. The topological polar surface area (TPSA) is 67.0 Å². The lowest BCUT2D eigenvalue weighted by Gasteiger charge is -2.05. The number of carbonyl (C=O) groups excluding carboxylic acids is 1. The van der Waals surface area contributed by atoms with E-state index in [0.29, 0.717) is 17.3 Å². The minimum atomic E-state index is -0.182. The molecule has 1 N–H and O–H groups in total. The average molecular weight is 378 g/mol. The molecule has 5 nitrogen and oxygen atoms in total. The van der Waals surface area contributed by atoms with Crippen molar-refractivity contribution in [2.24, 2.45) is 10.2 Å². The number of furan rings is 1. The minimum absolute atomic E-state index is 0.0418. The van der Waals surface area contributed by atoms with Crippen LogP contribution in [0.15, 0.2) is 61.8 Å². The van der Waals surface area contributed by atoms with Crippen LogP contribution in [-0.2, 0) is 11.2 Å². The molecule has 1 saturated heterocycles. The second-order valence-corrected chi connectivity index (χ2v) is 6.70. The van der Waals surface area contributed by atoms with Gasteiger partial charge in [0.15, 0.2) is 5.17 Å². The minimum Gasteiger partial charge on any atom is -0.463 e. The van der Waals surface area contributed by atoms with E-state index < -0.39 is 0 Å². The highest BCUT2D eigenvalue weighted by Crippen LogP contribution is 2.24. The summed E-state index contributed by atoms with van der Waals surface area (Å²) in [5, 5.41) is 11.0. The van der Waals surface area contributed by atoms with E-state index >= 15 is 0 Å². The van der Waals surface area contributed by atoms with E-state index in [1.54, 1.807) is 18.4 Å². The SMILES string of the molecule is O=C1N/C(=N/N=C\c2ccco2)S[C@H]1Cc1ccc(Br)cc1. The fourth-order valence-electron chi connectivity index (χ4n) is 1.92. The van der Waals surface area contributed by atoms with Crippen LogP contribution in [0.4, 0.5) is 0 Å². The molecule has 3 rings (SSSR count). The predicted molar refractivity (Wildman–Crippen MR) is 91.1 cm³/mol. The highest BCUT2D eigenvalue weighted by molar-refractivity contribution is 9.10. The first kappa shape index (κ1) is 15.1. The number of nitrogens with one attached hydrogen (secondary N) is 1. The molecule has 0 unspecified atom stereocenters. The van der Waals surface area contributed by atoms with Crippen molar-refractivity contribution < 1.29 is 9.21 Å². The molecular formula is C15H12BrN3O2S. The number of amidine groups is 1. The van der Waals surface area contributed by atoms with E-state index in [2.05, 4.69) is 31.4 Å². The fourth-order valence-corrected chi connectivity index (χ4v) is 3.15. The Morgan fingerprint density at radius 1 is 1.32 bits per heavy atom. The van der Waals surface area contributed by atoms with Crippen molar-refractivity contribution in [1.82, 2.24) is 5.32 Å². The summed E-state index contributed by atoms with van der Waals surface area (Å²) in [6.07, 6.45) is 3.72. The molecule has 112 valence electrons. The Morgan fingerprint density at radius 3 is 2.86 bits per heavy atom. The van der Waals surface area contributed by atoms with E-state index in [0.717, 1.165) is 10.0 Å². The smallest absolute Gasteiger partial charge is 0.239 e. The first-order valence-electron chi connectivity index (χ1n) is 6.57. The molecule has 2 aromatic rings. The molecule has 0 radical (unpaired) electrons. The van der Waals surface area contributed by atoms with Gasteiger partial charge in [-0.15, -0.1) is 5.10 Å².